The third kappa shape index (κ3) is 6.11. The second kappa shape index (κ2) is 12.1. The first-order valence-electron chi connectivity index (χ1n) is 11.1. The van der Waals surface area contributed by atoms with Gasteiger partial charge in [-0.15, -0.1) is 0 Å². The molecule has 10 heteroatoms. The molecule has 36 heavy (non-hydrogen) atoms. The summed E-state index contributed by atoms with van der Waals surface area (Å²) in [6.07, 6.45) is -0.237. The Bertz CT molecular complexity index is 1220. The van der Waals surface area contributed by atoms with Gasteiger partial charge in [0.25, 0.3) is 0 Å². The maximum absolute atomic E-state index is 13.6. The van der Waals surface area contributed by atoms with Crippen LogP contribution in [0.2, 0.25) is 5.02 Å². The molecule has 0 saturated heterocycles. The highest BCUT2D eigenvalue weighted by Gasteiger charge is 2.32. The number of hydrogen-bond acceptors (Lipinski definition) is 8. The van der Waals surface area contributed by atoms with Gasteiger partial charge >= 0.3 is 0 Å². The van der Waals surface area contributed by atoms with Crippen molar-refractivity contribution in [3.8, 4) is 28.5 Å². The van der Waals surface area contributed by atoms with Gasteiger partial charge < -0.3 is 29.5 Å². The van der Waals surface area contributed by atoms with E-state index in [1.165, 1.54) is 44.6 Å². The number of methoxy groups -OCH3 is 2. The number of aliphatic hydroxyl groups excluding tert-OH is 2. The second-order valence-corrected chi connectivity index (χ2v) is 8.33. The van der Waals surface area contributed by atoms with Crippen molar-refractivity contribution in [3.05, 3.63) is 70.6 Å². The van der Waals surface area contributed by atoms with Crippen LogP contribution in [0.15, 0.2) is 48.5 Å². The molecule has 3 N–H and O–H groups in total. The average Bonchev–Trinajstić information content (AvgIpc) is 2.91. The zero-order valence-corrected chi connectivity index (χ0v) is 20.6. The summed E-state index contributed by atoms with van der Waals surface area (Å²) in [6, 6.07) is 11.7. The third-order valence-corrected chi connectivity index (χ3v) is 5.90. The highest BCUT2D eigenvalue weighted by molar-refractivity contribution is 6.31. The summed E-state index contributed by atoms with van der Waals surface area (Å²) in [7, 11) is 2.87. The van der Waals surface area contributed by atoms with Crippen molar-refractivity contribution in [3.63, 3.8) is 0 Å². The smallest absolute Gasteiger partial charge is 0.163 e. The molecule has 0 fully saturated rings. The number of ether oxygens (including phenoxy) is 3. The Kier molecular flexibility index (Phi) is 9.22. The Morgan fingerprint density at radius 3 is 2.39 bits per heavy atom. The number of aliphatic hydroxyl groups is 3. The van der Waals surface area contributed by atoms with Gasteiger partial charge in [-0.05, 0) is 55.0 Å². The van der Waals surface area contributed by atoms with Crippen LogP contribution in [-0.4, -0.2) is 60.1 Å². The molecule has 8 nitrogen and oxygen atoms in total. The molecule has 0 radical (unpaired) electrons. The largest absolute Gasteiger partial charge is 0.494 e. The van der Waals surface area contributed by atoms with E-state index >= 15 is 0 Å². The van der Waals surface area contributed by atoms with Crippen molar-refractivity contribution in [2.75, 3.05) is 34.0 Å². The predicted octanol–water partition coefficient (Wildman–Crippen LogP) is 3.77. The molecule has 1 unspecified atom stereocenters. The van der Waals surface area contributed by atoms with Crippen molar-refractivity contribution in [2.45, 2.75) is 18.4 Å². The van der Waals surface area contributed by atoms with Gasteiger partial charge in [-0.2, -0.15) is 0 Å². The lowest BCUT2D eigenvalue weighted by atomic mass is 9.91. The molecule has 2 aromatic carbocycles. The SMILES string of the molecule is COc1cc(C(=O)CCC(O)(CO)c2ccc(OC)c(-c3ccc(F)c(Cl)c3)n2)ccc1OCCO. The van der Waals surface area contributed by atoms with Crippen molar-refractivity contribution >= 4 is 17.4 Å². The Balaban J connectivity index is 1.84. The fraction of sp³-hybridized carbons (Fsp3) is 0.308. The summed E-state index contributed by atoms with van der Waals surface area (Å²) in [5, 5.41) is 30.1. The summed E-state index contributed by atoms with van der Waals surface area (Å²) in [5.41, 5.74) is -0.660. The molecule has 192 valence electrons. The van der Waals surface area contributed by atoms with E-state index in [0.29, 0.717) is 34.1 Å². The van der Waals surface area contributed by atoms with Gasteiger partial charge in [0.05, 0.1) is 38.1 Å². The fourth-order valence-corrected chi connectivity index (χ4v) is 3.77. The number of carbonyl (C=O) groups excluding carboxylic acids is 1. The van der Waals surface area contributed by atoms with Crippen LogP contribution < -0.4 is 14.2 Å². The molecule has 0 aliphatic carbocycles. The first-order valence-corrected chi connectivity index (χ1v) is 11.4. The number of hydrogen-bond donors (Lipinski definition) is 3. The maximum Gasteiger partial charge on any atom is 0.163 e. The fourth-order valence-electron chi connectivity index (χ4n) is 3.59. The average molecular weight is 520 g/mol. The number of Topliss-reactive ketones (excluding diaryl/α,β-unsaturated/α-hetero) is 1. The molecule has 3 rings (SSSR count). The zero-order valence-electron chi connectivity index (χ0n) is 19.8. The van der Waals surface area contributed by atoms with Crippen LogP contribution in [-0.2, 0) is 5.60 Å². The molecule has 3 aromatic rings. The van der Waals surface area contributed by atoms with Gasteiger partial charge in [-0.3, -0.25) is 4.79 Å². The quantitative estimate of drug-likeness (QED) is 0.309. The molecule has 0 amide bonds. The van der Waals surface area contributed by atoms with Crippen LogP contribution in [0, 0.1) is 5.82 Å². The topological polar surface area (TPSA) is 118 Å². The van der Waals surface area contributed by atoms with Gasteiger partial charge in [0.2, 0.25) is 0 Å². The van der Waals surface area contributed by atoms with E-state index in [0.717, 1.165) is 0 Å². The molecule has 0 aliphatic rings. The summed E-state index contributed by atoms with van der Waals surface area (Å²) in [4.78, 5) is 17.3. The minimum absolute atomic E-state index is 0.0775. The third-order valence-electron chi connectivity index (χ3n) is 5.61. The van der Waals surface area contributed by atoms with E-state index in [2.05, 4.69) is 4.98 Å². The number of ketones is 1. The normalized spacial score (nSPS) is 12.6. The highest BCUT2D eigenvalue weighted by atomic mass is 35.5. The zero-order chi connectivity index (χ0) is 26.3. The van der Waals surface area contributed by atoms with Crippen molar-refractivity contribution in [1.82, 2.24) is 4.98 Å². The van der Waals surface area contributed by atoms with Crippen LogP contribution >= 0.6 is 11.6 Å². The van der Waals surface area contributed by atoms with E-state index in [9.17, 15) is 19.4 Å². The summed E-state index contributed by atoms with van der Waals surface area (Å²) < 4.78 is 29.6. The summed E-state index contributed by atoms with van der Waals surface area (Å²) in [5.74, 6) is 0.170. The van der Waals surface area contributed by atoms with Crippen molar-refractivity contribution in [1.29, 1.82) is 0 Å². The molecular formula is C26H27ClFNO7. The Labute approximate surface area is 212 Å². The van der Waals surface area contributed by atoms with Gasteiger partial charge in [0.15, 0.2) is 17.3 Å². The molecule has 1 aromatic heterocycles. The van der Waals surface area contributed by atoms with Gasteiger partial charge in [0, 0.05) is 17.5 Å². The van der Waals surface area contributed by atoms with E-state index in [1.54, 1.807) is 18.2 Å². The molecule has 0 aliphatic heterocycles. The lowest BCUT2D eigenvalue weighted by Gasteiger charge is -2.26. The van der Waals surface area contributed by atoms with E-state index < -0.39 is 18.0 Å². The minimum atomic E-state index is -1.84. The molecule has 1 atom stereocenters. The highest BCUT2D eigenvalue weighted by Crippen LogP contribution is 2.35. The Morgan fingerprint density at radius 1 is 1.03 bits per heavy atom. The van der Waals surface area contributed by atoms with E-state index in [1.807, 2.05) is 0 Å². The van der Waals surface area contributed by atoms with Crippen LogP contribution in [0.4, 0.5) is 4.39 Å². The van der Waals surface area contributed by atoms with Gasteiger partial charge in [0.1, 0.15) is 29.5 Å². The summed E-state index contributed by atoms with van der Waals surface area (Å²) in [6.45, 7) is -0.784. The number of carbonyl (C=O) groups is 1. The number of rotatable bonds is 12. The van der Waals surface area contributed by atoms with Gasteiger partial charge in [-0.1, -0.05) is 11.6 Å². The molecule has 0 saturated carbocycles. The van der Waals surface area contributed by atoms with Crippen molar-refractivity contribution < 1.29 is 38.7 Å². The monoisotopic (exact) mass is 519 g/mol. The first kappa shape index (κ1) is 27.3. The predicted molar refractivity (Wildman–Crippen MR) is 131 cm³/mol. The lowest BCUT2D eigenvalue weighted by molar-refractivity contribution is -0.0298. The number of benzene rings is 2. The van der Waals surface area contributed by atoms with E-state index in [-0.39, 0.29) is 42.6 Å². The first-order chi connectivity index (χ1) is 17.3. The van der Waals surface area contributed by atoms with Crippen LogP contribution in [0.3, 0.4) is 0 Å². The minimum Gasteiger partial charge on any atom is -0.494 e. The number of aromatic nitrogens is 1. The van der Waals surface area contributed by atoms with Crippen LogP contribution in [0.1, 0.15) is 28.9 Å². The summed E-state index contributed by atoms with van der Waals surface area (Å²) >= 11 is 5.92. The molecule has 0 spiro atoms. The van der Waals surface area contributed by atoms with Crippen LogP contribution in [0.25, 0.3) is 11.3 Å². The molecular weight excluding hydrogens is 493 g/mol. The number of halogens is 2. The second-order valence-electron chi connectivity index (χ2n) is 7.93. The molecule has 0 bridgehead atoms. The van der Waals surface area contributed by atoms with Gasteiger partial charge in [-0.25, -0.2) is 9.37 Å². The number of nitrogens with zero attached hydrogens (tertiary/aromatic N) is 1. The molecule has 1 heterocycles. The standard InChI is InChI=1S/C26H27ClFNO7/c1-34-22-7-8-24(29-25(22)17-3-5-19(28)18(27)13-17)26(33,15-31)10-9-20(32)16-4-6-21(36-12-11-30)23(14-16)35-2/h3-8,13-14,30-31,33H,9-12,15H2,1-2H3. The number of pyridine rings is 1. The Morgan fingerprint density at radius 2 is 1.75 bits per heavy atom. The maximum atomic E-state index is 13.6. The van der Waals surface area contributed by atoms with Crippen LogP contribution in [0.5, 0.6) is 17.2 Å². The van der Waals surface area contributed by atoms with E-state index in [4.69, 9.17) is 30.9 Å². The lowest BCUT2D eigenvalue weighted by Crippen LogP contribution is -2.32. The van der Waals surface area contributed by atoms with Crippen molar-refractivity contribution in [2.24, 2.45) is 0 Å². The Hall–Kier alpha value is -3.24.